The number of hydrogen-bond donors (Lipinski definition) is 0. The summed E-state index contributed by atoms with van der Waals surface area (Å²) in [5.41, 5.74) is 1.92. The van der Waals surface area contributed by atoms with E-state index in [0.717, 1.165) is 21.8 Å². The number of benzene rings is 2. The van der Waals surface area contributed by atoms with Gasteiger partial charge in [-0.15, -0.1) is 11.3 Å². The molecule has 0 atom stereocenters. The van der Waals surface area contributed by atoms with Crippen LogP contribution in [0.25, 0.3) is 0 Å². The maximum Gasteiger partial charge on any atom is 0.242 e. The van der Waals surface area contributed by atoms with Crippen molar-refractivity contribution < 1.29 is 19.1 Å². The SMILES string of the molecule is COCCN(CC(=O)N(Cc1ccccc1)Cc1cccs1)C(=O)Cc1ccc(OC)cc1. The summed E-state index contributed by atoms with van der Waals surface area (Å²) in [6.07, 6.45) is 0.213. The van der Waals surface area contributed by atoms with Crippen LogP contribution in [0.5, 0.6) is 5.75 Å². The standard InChI is InChI=1S/C26H30N2O4S/c1-31-15-14-27(25(29)17-21-10-12-23(32-2)13-11-21)20-26(30)28(19-24-9-6-16-33-24)18-22-7-4-3-5-8-22/h3-13,16H,14-15,17-20H2,1-2H3. The molecule has 0 unspecified atom stereocenters. The van der Waals surface area contributed by atoms with Gasteiger partial charge in [0.2, 0.25) is 11.8 Å². The molecule has 0 radical (unpaired) electrons. The Morgan fingerprint density at radius 1 is 0.818 bits per heavy atom. The van der Waals surface area contributed by atoms with E-state index in [0.29, 0.717) is 26.2 Å². The van der Waals surface area contributed by atoms with Crippen LogP contribution in [0.2, 0.25) is 0 Å². The Balaban J connectivity index is 1.71. The number of amides is 2. The molecule has 6 nitrogen and oxygen atoms in total. The van der Waals surface area contributed by atoms with Gasteiger partial charge in [0.1, 0.15) is 5.75 Å². The number of nitrogens with zero attached hydrogens (tertiary/aromatic N) is 2. The van der Waals surface area contributed by atoms with Gasteiger partial charge < -0.3 is 19.3 Å². The minimum Gasteiger partial charge on any atom is -0.497 e. The largest absolute Gasteiger partial charge is 0.497 e. The molecule has 174 valence electrons. The number of carbonyl (C=O) groups excluding carboxylic acids is 2. The van der Waals surface area contributed by atoms with Crippen molar-refractivity contribution >= 4 is 23.2 Å². The lowest BCUT2D eigenvalue weighted by Gasteiger charge is -2.27. The van der Waals surface area contributed by atoms with Crippen LogP contribution in [0.15, 0.2) is 72.1 Å². The van der Waals surface area contributed by atoms with Gasteiger partial charge in [0.15, 0.2) is 0 Å². The monoisotopic (exact) mass is 466 g/mol. The second-order valence-corrected chi connectivity index (χ2v) is 8.68. The minimum absolute atomic E-state index is 0.0105. The molecule has 0 aliphatic rings. The van der Waals surface area contributed by atoms with Crippen LogP contribution in [0.1, 0.15) is 16.0 Å². The fourth-order valence-corrected chi connectivity index (χ4v) is 4.13. The molecular weight excluding hydrogens is 436 g/mol. The summed E-state index contributed by atoms with van der Waals surface area (Å²) in [4.78, 5) is 30.9. The summed E-state index contributed by atoms with van der Waals surface area (Å²) in [7, 11) is 3.20. The molecule has 1 aromatic heterocycles. The molecule has 2 aromatic carbocycles. The highest BCUT2D eigenvalue weighted by Crippen LogP contribution is 2.16. The van der Waals surface area contributed by atoms with Gasteiger partial charge in [0, 0.05) is 25.1 Å². The van der Waals surface area contributed by atoms with E-state index in [1.54, 1.807) is 30.5 Å². The van der Waals surface area contributed by atoms with Gasteiger partial charge in [0.05, 0.1) is 33.2 Å². The topological polar surface area (TPSA) is 59.1 Å². The lowest BCUT2D eigenvalue weighted by Crippen LogP contribution is -2.44. The molecule has 0 N–H and O–H groups in total. The van der Waals surface area contributed by atoms with Crippen molar-refractivity contribution in [1.82, 2.24) is 9.80 Å². The van der Waals surface area contributed by atoms with Crippen molar-refractivity contribution in [2.45, 2.75) is 19.5 Å². The van der Waals surface area contributed by atoms with Crippen molar-refractivity contribution in [3.05, 3.63) is 88.1 Å². The predicted molar refractivity (Wildman–Crippen MR) is 130 cm³/mol. The van der Waals surface area contributed by atoms with Crippen LogP contribution in [-0.2, 0) is 33.8 Å². The van der Waals surface area contributed by atoms with Crippen LogP contribution < -0.4 is 4.74 Å². The zero-order chi connectivity index (χ0) is 23.5. The zero-order valence-electron chi connectivity index (χ0n) is 19.1. The summed E-state index contributed by atoms with van der Waals surface area (Å²) in [5, 5.41) is 2.00. The smallest absolute Gasteiger partial charge is 0.242 e. The molecule has 7 heteroatoms. The number of methoxy groups -OCH3 is 2. The third-order valence-corrected chi connectivity index (χ3v) is 6.12. The summed E-state index contributed by atoms with van der Waals surface area (Å²) in [5.74, 6) is 0.538. The van der Waals surface area contributed by atoms with E-state index in [1.807, 2.05) is 77.0 Å². The molecule has 3 rings (SSSR count). The molecular formula is C26H30N2O4S. The van der Waals surface area contributed by atoms with Crippen molar-refractivity contribution in [2.24, 2.45) is 0 Å². The number of thiophene rings is 1. The van der Waals surface area contributed by atoms with Gasteiger partial charge in [-0.05, 0) is 34.7 Å². The van der Waals surface area contributed by atoms with Crippen LogP contribution in [0.3, 0.4) is 0 Å². The fraction of sp³-hybridized carbons (Fsp3) is 0.308. The molecule has 1 heterocycles. The van der Waals surface area contributed by atoms with E-state index >= 15 is 0 Å². The number of rotatable bonds is 12. The first-order chi connectivity index (χ1) is 16.1. The highest BCUT2D eigenvalue weighted by molar-refractivity contribution is 7.09. The Bertz CT molecular complexity index is 991. The lowest BCUT2D eigenvalue weighted by molar-refractivity contribution is -0.141. The van der Waals surface area contributed by atoms with E-state index in [4.69, 9.17) is 9.47 Å². The highest BCUT2D eigenvalue weighted by atomic mass is 32.1. The van der Waals surface area contributed by atoms with Gasteiger partial charge in [-0.3, -0.25) is 9.59 Å². The molecule has 0 fully saturated rings. The minimum atomic E-state index is -0.110. The van der Waals surface area contributed by atoms with E-state index in [-0.39, 0.29) is 24.8 Å². The van der Waals surface area contributed by atoms with Gasteiger partial charge >= 0.3 is 0 Å². The van der Waals surface area contributed by atoms with Gasteiger partial charge in [-0.25, -0.2) is 0 Å². The second kappa shape index (κ2) is 12.8. The van der Waals surface area contributed by atoms with Crippen molar-refractivity contribution in [3.63, 3.8) is 0 Å². The zero-order valence-corrected chi connectivity index (χ0v) is 19.9. The molecule has 33 heavy (non-hydrogen) atoms. The maximum absolute atomic E-state index is 13.4. The van der Waals surface area contributed by atoms with Crippen molar-refractivity contribution in [2.75, 3.05) is 33.9 Å². The molecule has 3 aromatic rings. The lowest BCUT2D eigenvalue weighted by atomic mass is 10.1. The summed E-state index contributed by atoms with van der Waals surface area (Å²) in [6, 6.07) is 21.3. The van der Waals surface area contributed by atoms with E-state index in [9.17, 15) is 9.59 Å². The average Bonchev–Trinajstić information content (AvgIpc) is 3.35. The average molecular weight is 467 g/mol. The van der Waals surface area contributed by atoms with Crippen LogP contribution in [-0.4, -0.2) is 55.5 Å². The number of ether oxygens (including phenoxy) is 2. The predicted octanol–water partition coefficient (Wildman–Crippen LogP) is 4.00. The Hall–Kier alpha value is -3.16. The maximum atomic E-state index is 13.4. The Labute approximate surface area is 199 Å². The second-order valence-electron chi connectivity index (χ2n) is 7.65. The van der Waals surface area contributed by atoms with E-state index in [1.165, 1.54) is 0 Å². The quantitative estimate of drug-likeness (QED) is 0.405. The van der Waals surface area contributed by atoms with E-state index in [2.05, 4.69) is 0 Å². The molecule has 0 saturated carbocycles. The molecule has 0 spiro atoms. The Morgan fingerprint density at radius 3 is 2.21 bits per heavy atom. The molecule has 2 amide bonds. The Kier molecular flexibility index (Phi) is 9.47. The highest BCUT2D eigenvalue weighted by Gasteiger charge is 2.22. The third-order valence-electron chi connectivity index (χ3n) is 5.25. The van der Waals surface area contributed by atoms with Crippen LogP contribution in [0.4, 0.5) is 0 Å². The Morgan fingerprint density at radius 2 is 1.58 bits per heavy atom. The summed E-state index contributed by atoms with van der Waals surface area (Å²) in [6.45, 7) is 1.73. The van der Waals surface area contributed by atoms with Crippen molar-refractivity contribution in [1.29, 1.82) is 0 Å². The van der Waals surface area contributed by atoms with E-state index < -0.39 is 0 Å². The van der Waals surface area contributed by atoms with Gasteiger partial charge in [0.25, 0.3) is 0 Å². The number of carbonyl (C=O) groups is 2. The first kappa shape index (κ1) is 24.5. The first-order valence-corrected chi connectivity index (χ1v) is 11.7. The van der Waals surface area contributed by atoms with Gasteiger partial charge in [-0.1, -0.05) is 48.5 Å². The fourth-order valence-electron chi connectivity index (χ4n) is 3.41. The summed E-state index contributed by atoms with van der Waals surface area (Å²) < 4.78 is 10.4. The normalized spacial score (nSPS) is 10.6. The van der Waals surface area contributed by atoms with Crippen molar-refractivity contribution in [3.8, 4) is 5.75 Å². The molecule has 0 aliphatic heterocycles. The number of hydrogen-bond acceptors (Lipinski definition) is 5. The van der Waals surface area contributed by atoms with Crippen LogP contribution in [0, 0.1) is 0 Å². The first-order valence-electron chi connectivity index (χ1n) is 10.8. The summed E-state index contributed by atoms with van der Waals surface area (Å²) >= 11 is 1.62. The van der Waals surface area contributed by atoms with Gasteiger partial charge in [-0.2, -0.15) is 0 Å². The van der Waals surface area contributed by atoms with Crippen LogP contribution >= 0.6 is 11.3 Å². The molecule has 0 bridgehead atoms. The third kappa shape index (κ3) is 7.73. The molecule has 0 aliphatic carbocycles. The molecule has 0 saturated heterocycles.